The Labute approximate surface area is 143 Å². The van der Waals surface area contributed by atoms with E-state index in [1.54, 1.807) is 32.1 Å². The topological polar surface area (TPSA) is 54.9 Å². The molecule has 0 saturated carbocycles. The summed E-state index contributed by atoms with van der Waals surface area (Å²) in [6, 6.07) is 4.45. The van der Waals surface area contributed by atoms with Gasteiger partial charge in [-0.25, -0.2) is 4.98 Å². The van der Waals surface area contributed by atoms with E-state index in [1.165, 1.54) is 17.6 Å². The lowest BCUT2D eigenvalue weighted by Crippen LogP contribution is -3.14. The Morgan fingerprint density at radius 1 is 1.35 bits per heavy atom. The van der Waals surface area contributed by atoms with E-state index in [0.29, 0.717) is 11.8 Å². The van der Waals surface area contributed by atoms with Crippen molar-refractivity contribution >= 4 is 27.6 Å². The van der Waals surface area contributed by atoms with E-state index in [9.17, 15) is 5.11 Å². The highest BCUT2D eigenvalue weighted by Gasteiger charge is 2.37. The van der Waals surface area contributed by atoms with Crippen LogP contribution in [0.1, 0.15) is 36.1 Å². The predicted octanol–water partition coefficient (Wildman–Crippen LogP) is 2.21. The largest absolute Gasteiger partial charge is 0.492 e. The fourth-order valence-electron chi connectivity index (χ4n) is 3.92. The minimum absolute atomic E-state index is 0.175. The minimum atomic E-state index is 0.175. The van der Waals surface area contributed by atoms with Crippen LogP contribution in [-0.2, 0) is 0 Å². The van der Waals surface area contributed by atoms with Crippen LogP contribution in [0.2, 0.25) is 0 Å². The average molecular weight is 350 g/mol. The highest BCUT2D eigenvalue weighted by Crippen LogP contribution is 2.36. The van der Waals surface area contributed by atoms with Gasteiger partial charge < -0.3 is 10.0 Å². The second-order valence-electron chi connectivity index (χ2n) is 6.71. The number of rotatable bonds is 3. The van der Waals surface area contributed by atoms with Gasteiger partial charge in [-0.1, -0.05) is 31.3 Å². The van der Waals surface area contributed by atoms with E-state index in [2.05, 4.69) is 41.4 Å². The number of likely N-dealkylation sites (tertiary alicyclic amines) is 1. The Morgan fingerprint density at radius 3 is 2.78 bits per heavy atom. The van der Waals surface area contributed by atoms with E-state index in [4.69, 9.17) is 0 Å². The van der Waals surface area contributed by atoms with Gasteiger partial charge in [-0.2, -0.15) is 9.61 Å². The first-order valence-corrected chi connectivity index (χ1v) is 9.72. The van der Waals surface area contributed by atoms with Crippen molar-refractivity contribution in [1.29, 1.82) is 0 Å². The number of quaternary nitrogens is 1. The van der Waals surface area contributed by atoms with Crippen molar-refractivity contribution < 1.29 is 10.0 Å². The molecule has 23 heavy (non-hydrogen) atoms. The maximum Gasteiger partial charge on any atom is 0.235 e. The maximum absolute atomic E-state index is 10.7. The van der Waals surface area contributed by atoms with Crippen LogP contribution < -0.4 is 4.90 Å². The molecule has 1 fully saturated rings. The third-order valence-electron chi connectivity index (χ3n) is 4.66. The summed E-state index contributed by atoms with van der Waals surface area (Å²) in [4.78, 5) is 8.84. The third kappa shape index (κ3) is 2.66. The van der Waals surface area contributed by atoms with E-state index in [0.717, 1.165) is 22.9 Å². The van der Waals surface area contributed by atoms with Gasteiger partial charge in [0, 0.05) is 11.8 Å². The number of aromatic nitrogens is 3. The molecule has 0 bridgehead atoms. The van der Waals surface area contributed by atoms with Gasteiger partial charge in [-0.3, -0.25) is 0 Å². The summed E-state index contributed by atoms with van der Waals surface area (Å²) in [5.74, 6) is 1.67. The molecule has 1 saturated heterocycles. The van der Waals surface area contributed by atoms with Crippen molar-refractivity contribution in [2.75, 3.05) is 13.1 Å². The number of fused-ring (bicyclic) bond motifs is 1. The summed E-state index contributed by atoms with van der Waals surface area (Å²) in [6.45, 7) is 6.95. The molecule has 0 aliphatic carbocycles. The van der Waals surface area contributed by atoms with Gasteiger partial charge in [0.1, 0.15) is 11.2 Å². The van der Waals surface area contributed by atoms with Crippen LogP contribution in [-0.4, -0.2) is 32.8 Å². The first-order chi connectivity index (χ1) is 11.1. The van der Waals surface area contributed by atoms with Crippen LogP contribution in [0.5, 0.6) is 5.88 Å². The molecule has 0 radical (unpaired) electrons. The van der Waals surface area contributed by atoms with Crippen molar-refractivity contribution in [3.63, 3.8) is 0 Å². The van der Waals surface area contributed by atoms with Crippen LogP contribution in [0, 0.1) is 11.8 Å². The molecule has 4 rings (SSSR count). The van der Waals surface area contributed by atoms with Crippen LogP contribution in [0.25, 0.3) is 4.96 Å². The zero-order chi connectivity index (χ0) is 16.0. The molecule has 3 aromatic heterocycles. The molecule has 0 amide bonds. The lowest BCUT2D eigenvalue weighted by molar-refractivity contribution is -0.936. The van der Waals surface area contributed by atoms with Crippen LogP contribution in [0.4, 0.5) is 0 Å². The molecular weight excluding hydrogens is 328 g/mol. The number of nitrogens with one attached hydrogen (secondary N) is 1. The summed E-state index contributed by atoms with van der Waals surface area (Å²) in [5.41, 5.74) is 0. The number of nitrogens with zero attached hydrogens (tertiary/aromatic N) is 3. The molecule has 1 aliphatic heterocycles. The first kappa shape index (κ1) is 15.1. The Kier molecular flexibility index (Phi) is 3.87. The fraction of sp³-hybridized carbons (Fsp3) is 0.500. The zero-order valence-corrected chi connectivity index (χ0v) is 14.9. The van der Waals surface area contributed by atoms with Crippen LogP contribution >= 0.6 is 22.7 Å². The molecule has 4 heterocycles. The lowest BCUT2D eigenvalue weighted by atomic mass is 9.90. The summed E-state index contributed by atoms with van der Waals surface area (Å²) in [6.07, 6.45) is 2.79. The molecule has 3 aromatic rings. The second kappa shape index (κ2) is 5.89. The van der Waals surface area contributed by atoms with Gasteiger partial charge >= 0.3 is 0 Å². The standard InChI is InChI=1S/C16H20N4OS2/c1-10-6-11(2)8-19(7-10)13(12-4-3-5-22-12)14-15(21)20-16(23-14)17-9-18-20/h3-5,9-11,13,21H,6-8H2,1-2H3/p+1/t10-,11-,13-/m0/s1. The molecule has 122 valence electrons. The molecule has 0 spiro atoms. The highest BCUT2D eigenvalue weighted by atomic mass is 32.1. The van der Waals surface area contributed by atoms with Crippen molar-refractivity contribution in [1.82, 2.24) is 14.6 Å². The summed E-state index contributed by atoms with van der Waals surface area (Å²) in [7, 11) is 0. The Balaban J connectivity index is 1.79. The highest BCUT2D eigenvalue weighted by molar-refractivity contribution is 7.17. The number of hydrogen-bond acceptors (Lipinski definition) is 5. The van der Waals surface area contributed by atoms with E-state index >= 15 is 0 Å². The van der Waals surface area contributed by atoms with Gasteiger partial charge in [-0.05, 0) is 17.9 Å². The predicted molar refractivity (Wildman–Crippen MR) is 92.3 cm³/mol. The SMILES string of the molecule is C[C@H]1C[C@H](C)C[NH+]([C@@H](c2cccs2)c2sc3ncnn3c2O)C1. The van der Waals surface area contributed by atoms with Crippen molar-refractivity contribution in [2.45, 2.75) is 26.3 Å². The number of aromatic hydroxyl groups is 1. The number of thiophene rings is 1. The van der Waals surface area contributed by atoms with Crippen LogP contribution in [0.15, 0.2) is 23.8 Å². The summed E-state index contributed by atoms with van der Waals surface area (Å²) >= 11 is 3.33. The Hall–Kier alpha value is -1.44. The summed E-state index contributed by atoms with van der Waals surface area (Å²) in [5, 5.41) is 16.9. The van der Waals surface area contributed by atoms with Gasteiger partial charge in [0.2, 0.25) is 10.8 Å². The van der Waals surface area contributed by atoms with E-state index in [-0.39, 0.29) is 11.9 Å². The molecule has 0 unspecified atom stereocenters. The Bertz CT molecular complexity index is 784. The molecule has 7 heteroatoms. The van der Waals surface area contributed by atoms with E-state index in [1.807, 2.05) is 0 Å². The number of piperidine rings is 1. The lowest BCUT2D eigenvalue weighted by Gasteiger charge is -2.36. The number of hydrogen-bond donors (Lipinski definition) is 2. The normalized spacial score (nSPS) is 26.6. The minimum Gasteiger partial charge on any atom is -0.492 e. The van der Waals surface area contributed by atoms with Gasteiger partial charge in [0.05, 0.1) is 18.0 Å². The van der Waals surface area contributed by atoms with E-state index < -0.39 is 0 Å². The van der Waals surface area contributed by atoms with Crippen LogP contribution in [0.3, 0.4) is 0 Å². The maximum atomic E-state index is 10.7. The Morgan fingerprint density at radius 2 is 2.13 bits per heavy atom. The molecule has 5 nitrogen and oxygen atoms in total. The van der Waals surface area contributed by atoms with Gasteiger partial charge in [0.15, 0.2) is 6.04 Å². The quantitative estimate of drug-likeness (QED) is 0.762. The number of thiazole rings is 1. The smallest absolute Gasteiger partial charge is 0.235 e. The zero-order valence-electron chi connectivity index (χ0n) is 13.3. The summed E-state index contributed by atoms with van der Waals surface area (Å²) < 4.78 is 1.55. The van der Waals surface area contributed by atoms with Crippen molar-refractivity contribution in [2.24, 2.45) is 11.8 Å². The molecule has 2 N–H and O–H groups in total. The fourth-order valence-corrected chi connectivity index (χ4v) is 5.99. The molecule has 1 aliphatic rings. The third-order valence-corrected chi connectivity index (χ3v) is 6.70. The van der Waals surface area contributed by atoms with Gasteiger partial charge in [0.25, 0.3) is 0 Å². The molecule has 3 atom stereocenters. The van der Waals surface area contributed by atoms with Crippen molar-refractivity contribution in [3.05, 3.63) is 33.6 Å². The first-order valence-electron chi connectivity index (χ1n) is 8.03. The second-order valence-corrected chi connectivity index (χ2v) is 8.69. The molecular formula is C16H21N4OS2+. The monoisotopic (exact) mass is 349 g/mol. The molecule has 0 aromatic carbocycles. The van der Waals surface area contributed by atoms with Crippen molar-refractivity contribution in [3.8, 4) is 5.88 Å². The average Bonchev–Trinajstić information content (AvgIpc) is 3.20. The van der Waals surface area contributed by atoms with Gasteiger partial charge in [-0.15, -0.1) is 11.3 Å².